The number of carbonyl (C=O) groups excluding carboxylic acids is 1. The molecule has 1 N–H and O–H groups in total. The summed E-state index contributed by atoms with van der Waals surface area (Å²) in [5, 5.41) is 18.7. The van der Waals surface area contributed by atoms with Crippen molar-refractivity contribution in [2.45, 2.75) is 13.8 Å². The molecular weight excluding hydrogens is 410 g/mol. The summed E-state index contributed by atoms with van der Waals surface area (Å²) in [7, 11) is 2.09. The second-order valence-electron chi connectivity index (χ2n) is 8.06. The second kappa shape index (κ2) is 10.3. The van der Waals surface area contributed by atoms with E-state index in [-0.39, 0.29) is 23.7 Å². The van der Waals surface area contributed by atoms with Crippen LogP contribution >= 0.6 is 0 Å². The van der Waals surface area contributed by atoms with Crippen molar-refractivity contribution in [3.05, 3.63) is 69.5 Å². The topological polar surface area (TPSA) is 100 Å². The number of nitrogens with zero attached hydrogens (tertiary/aromatic N) is 4. The summed E-state index contributed by atoms with van der Waals surface area (Å²) in [5.41, 5.74) is 2.93. The number of allylic oxidation sites excluding steroid dienone is 4. The third-order valence-electron chi connectivity index (χ3n) is 5.70. The predicted molar refractivity (Wildman–Crippen MR) is 124 cm³/mol. The average Bonchev–Trinajstić information content (AvgIpc) is 2.77. The van der Waals surface area contributed by atoms with E-state index in [1.165, 1.54) is 6.08 Å². The van der Waals surface area contributed by atoms with Crippen LogP contribution in [0.4, 0.5) is 16.2 Å². The molecule has 9 nitrogen and oxygen atoms in total. The van der Waals surface area contributed by atoms with Crippen LogP contribution in [-0.4, -0.2) is 72.7 Å². The Bertz CT molecular complexity index is 1000. The molecule has 1 aliphatic carbocycles. The van der Waals surface area contributed by atoms with E-state index in [0.29, 0.717) is 22.6 Å². The fourth-order valence-corrected chi connectivity index (χ4v) is 3.47. The van der Waals surface area contributed by atoms with Crippen LogP contribution in [0.25, 0.3) is 0 Å². The zero-order valence-electron chi connectivity index (χ0n) is 18.8. The molecule has 3 rings (SSSR count). The van der Waals surface area contributed by atoms with Crippen LogP contribution < -0.4 is 5.32 Å². The van der Waals surface area contributed by atoms with Crippen molar-refractivity contribution in [1.29, 1.82) is 0 Å². The SMILES string of the molecule is C=C1C=CC(NC(=O)OCCN2CCN(C)CC2)=C/C1=[N+](\[O-])c1cc(C)c(C)cc1N=O. The minimum absolute atomic E-state index is 0.0455. The molecular formula is C23H29N5O4. The summed E-state index contributed by atoms with van der Waals surface area (Å²) in [6, 6.07) is 3.19. The first-order valence-corrected chi connectivity index (χ1v) is 10.5. The highest BCUT2D eigenvalue weighted by Crippen LogP contribution is 2.31. The van der Waals surface area contributed by atoms with Crippen LogP contribution in [0.15, 0.2) is 53.4 Å². The third kappa shape index (κ3) is 5.68. The molecule has 1 aromatic carbocycles. The molecule has 1 heterocycles. The van der Waals surface area contributed by atoms with E-state index in [1.54, 1.807) is 24.3 Å². The summed E-state index contributed by atoms with van der Waals surface area (Å²) in [6.07, 6.45) is 4.16. The minimum Gasteiger partial charge on any atom is -0.618 e. The van der Waals surface area contributed by atoms with Gasteiger partial charge in [0.05, 0.1) is 5.70 Å². The van der Waals surface area contributed by atoms with Gasteiger partial charge in [-0.05, 0) is 55.4 Å². The van der Waals surface area contributed by atoms with Gasteiger partial charge in [0.15, 0.2) is 5.69 Å². The van der Waals surface area contributed by atoms with Crippen molar-refractivity contribution < 1.29 is 14.3 Å². The van der Waals surface area contributed by atoms with Gasteiger partial charge in [-0.1, -0.05) is 6.58 Å². The highest BCUT2D eigenvalue weighted by atomic mass is 16.5. The van der Waals surface area contributed by atoms with Gasteiger partial charge in [0, 0.05) is 50.4 Å². The first-order chi connectivity index (χ1) is 15.3. The molecule has 0 saturated carbocycles. The van der Waals surface area contributed by atoms with E-state index in [4.69, 9.17) is 4.74 Å². The fourth-order valence-electron chi connectivity index (χ4n) is 3.47. The van der Waals surface area contributed by atoms with E-state index >= 15 is 0 Å². The van der Waals surface area contributed by atoms with Gasteiger partial charge in [-0.2, -0.15) is 4.74 Å². The Hall–Kier alpha value is -3.30. The lowest BCUT2D eigenvalue weighted by Crippen LogP contribution is -2.45. The van der Waals surface area contributed by atoms with E-state index in [9.17, 15) is 14.9 Å². The number of piperazine rings is 1. The molecule has 1 aromatic rings. The molecule has 0 aromatic heterocycles. The second-order valence-corrected chi connectivity index (χ2v) is 8.06. The monoisotopic (exact) mass is 439 g/mol. The lowest BCUT2D eigenvalue weighted by Gasteiger charge is -2.32. The van der Waals surface area contributed by atoms with E-state index < -0.39 is 6.09 Å². The number of carbonyl (C=O) groups is 1. The number of rotatable bonds is 6. The van der Waals surface area contributed by atoms with Gasteiger partial charge in [0.1, 0.15) is 6.61 Å². The number of aryl methyl sites for hydroxylation is 2. The smallest absolute Gasteiger partial charge is 0.411 e. The summed E-state index contributed by atoms with van der Waals surface area (Å²) < 4.78 is 5.89. The molecule has 1 fully saturated rings. The van der Waals surface area contributed by atoms with Crippen LogP contribution in [0.1, 0.15) is 11.1 Å². The lowest BCUT2D eigenvalue weighted by molar-refractivity contribution is -0.358. The Balaban J connectivity index is 1.67. The Morgan fingerprint density at radius 3 is 2.59 bits per heavy atom. The lowest BCUT2D eigenvalue weighted by atomic mass is 10.0. The van der Waals surface area contributed by atoms with Gasteiger partial charge >= 0.3 is 6.09 Å². The first kappa shape index (κ1) is 23.4. The van der Waals surface area contributed by atoms with Crippen molar-refractivity contribution >= 4 is 23.2 Å². The maximum atomic E-state index is 13.0. The molecule has 0 bridgehead atoms. The number of hydrogen-bond acceptors (Lipinski definition) is 7. The number of amides is 1. The Kier molecular flexibility index (Phi) is 7.55. The average molecular weight is 440 g/mol. The van der Waals surface area contributed by atoms with Gasteiger partial charge in [0.2, 0.25) is 11.4 Å². The van der Waals surface area contributed by atoms with Crippen molar-refractivity contribution in [2.75, 3.05) is 46.4 Å². The minimum atomic E-state index is -0.597. The molecule has 0 radical (unpaired) electrons. The highest BCUT2D eigenvalue weighted by Gasteiger charge is 2.22. The molecule has 170 valence electrons. The number of likely N-dealkylation sites (N-methyl/N-ethyl adjacent to an activating group) is 1. The van der Waals surface area contributed by atoms with Crippen molar-refractivity contribution in [3.8, 4) is 0 Å². The van der Waals surface area contributed by atoms with Crippen molar-refractivity contribution in [1.82, 2.24) is 15.1 Å². The zero-order valence-corrected chi connectivity index (χ0v) is 18.8. The normalized spacial score (nSPS) is 18.8. The predicted octanol–water partition coefficient (Wildman–Crippen LogP) is 3.27. The Labute approximate surface area is 187 Å². The Morgan fingerprint density at radius 1 is 1.22 bits per heavy atom. The van der Waals surface area contributed by atoms with Gasteiger partial charge < -0.3 is 14.8 Å². The van der Waals surface area contributed by atoms with Gasteiger partial charge in [-0.15, -0.1) is 4.91 Å². The molecule has 32 heavy (non-hydrogen) atoms. The van der Waals surface area contributed by atoms with Crippen LogP contribution in [0.3, 0.4) is 0 Å². The molecule has 2 aliphatic rings. The van der Waals surface area contributed by atoms with Crippen LogP contribution in [0.5, 0.6) is 0 Å². The van der Waals surface area contributed by atoms with Crippen molar-refractivity contribution in [2.24, 2.45) is 5.18 Å². The molecule has 0 unspecified atom stereocenters. The van der Waals surface area contributed by atoms with Crippen LogP contribution in [-0.2, 0) is 4.74 Å². The summed E-state index contributed by atoms with van der Waals surface area (Å²) in [4.78, 5) is 28.0. The Morgan fingerprint density at radius 2 is 1.91 bits per heavy atom. The first-order valence-electron chi connectivity index (χ1n) is 10.5. The van der Waals surface area contributed by atoms with Gasteiger partial charge in [-0.3, -0.25) is 10.2 Å². The number of benzene rings is 1. The highest BCUT2D eigenvalue weighted by molar-refractivity contribution is 6.09. The molecule has 9 heteroatoms. The summed E-state index contributed by atoms with van der Waals surface area (Å²) in [5.74, 6) is 0. The number of hydrogen-bond donors (Lipinski definition) is 1. The molecule has 1 aliphatic heterocycles. The third-order valence-corrected chi connectivity index (χ3v) is 5.70. The quantitative estimate of drug-likeness (QED) is 0.316. The van der Waals surface area contributed by atoms with E-state index in [2.05, 4.69) is 33.9 Å². The van der Waals surface area contributed by atoms with Crippen LogP contribution in [0, 0.1) is 24.0 Å². The van der Waals surface area contributed by atoms with E-state index in [0.717, 1.165) is 37.3 Å². The number of ether oxygens (including phenoxy) is 1. The van der Waals surface area contributed by atoms with Gasteiger partial charge in [-0.25, -0.2) is 4.79 Å². The molecule has 0 spiro atoms. The zero-order chi connectivity index (χ0) is 23.3. The maximum absolute atomic E-state index is 13.0. The molecule has 0 atom stereocenters. The van der Waals surface area contributed by atoms with Crippen molar-refractivity contribution in [3.63, 3.8) is 0 Å². The summed E-state index contributed by atoms with van der Waals surface area (Å²) >= 11 is 0. The number of nitroso groups, excluding NO2 is 1. The largest absolute Gasteiger partial charge is 0.618 e. The van der Waals surface area contributed by atoms with E-state index in [1.807, 2.05) is 13.8 Å². The number of alkyl carbamates (subject to hydrolysis) is 1. The molecule has 1 amide bonds. The van der Waals surface area contributed by atoms with Crippen LogP contribution in [0.2, 0.25) is 0 Å². The summed E-state index contributed by atoms with van der Waals surface area (Å²) in [6.45, 7) is 12.4. The fraction of sp³-hybridized carbons (Fsp3) is 0.391. The molecule has 1 saturated heterocycles. The standard InChI is InChI=1S/C23H29N5O4/c1-16-5-6-19(24-23(29)32-12-11-27-9-7-26(4)8-10-27)15-21(16)28(31)22-14-18(3)17(2)13-20(22)25-30/h5-6,13-15H,1,7-12H2,2-4H3,(H,24,29)/b28-21+. The number of nitrogens with one attached hydrogen (secondary N) is 1. The van der Waals surface area contributed by atoms with Gasteiger partial charge in [0.25, 0.3) is 0 Å². The maximum Gasteiger partial charge on any atom is 0.411 e.